The smallest absolute Gasteiger partial charge is 0.322 e. The van der Waals surface area contributed by atoms with Crippen LogP contribution in [-0.2, 0) is 6.42 Å². The Morgan fingerprint density at radius 1 is 1.33 bits per heavy atom. The molecule has 128 valence electrons. The number of carbonyl (C=O) groups is 1. The van der Waals surface area contributed by atoms with E-state index in [4.69, 9.17) is 0 Å². The van der Waals surface area contributed by atoms with Gasteiger partial charge in [-0.05, 0) is 73.3 Å². The number of benzene rings is 1. The van der Waals surface area contributed by atoms with Crippen LogP contribution in [-0.4, -0.2) is 18.6 Å². The highest BCUT2D eigenvalue weighted by Gasteiger charge is 2.72. The van der Waals surface area contributed by atoms with Crippen LogP contribution in [0.4, 0.5) is 10.5 Å². The van der Waals surface area contributed by atoms with Crippen molar-refractivity contribution in [3.63, 3.8) is 0 Å². The number of anilines is 1. The number of aryl methyl sites for hydroxylation is 1. The van der Waals surface area contributed by atoms with Gasteiger partial charge in [-0.25, -0.2) is 4.79 Å². The fourth-order valence-electron chi connectivity index (χ4n) is 6.50. The molecule has 1 aromatic carbocycles. The Morgan fingerprint density at radius 3 is 3.08 bits per heavy atom. The topological polar surface area (TPSA) is 32.3 Å². The first-order valence-corrected chi connectivity index (χ1v) is 9.90. The SMILES string of the molecule is CC[C@H]1CC2CC[C@]13[C@H](C2)[C@@H]3NC(=O)N1CCCc2ccccc21. The molecule has 6 rings (SSSR count). The third-order valence-electron chi connectivity index (χ3n) is 7.64. The molecule has 1 heterocycles. The predicted molar refractivity (Wildman–Crippen MR) is 96.1 cm³/mol. The van der Waals surface area contributed by atoms with Crippen molar-refractivity contribution in [2.75, 3.05) is 11.4 Å². The molecule has 1 N–H and O–H groups in total. The highest BCUT2D eigenvalue weighted by molar-refractivity contribution is 5.93. The van der Waals surface area contributed by atoms with Crippen LogP contribution in [0.15, 0.2) is 24.3 Å². The Kier molecular flexibility index (Phi) is 3.23. The fraction of sp³-hybridized carbons (Fsp3) is 0.667. The molecule has 1 aromatic rings. The van der Waals surface area contributed by atoms with Crippen molar-refractivity contribution >= 4 is 11.7 Å². The summed E-state index contributed by atoms with van der Waals surface area (Å²) in [6.45, 7) is 3.20. The molecule has 2 bridgehead atoms. The van der Waals surface area contributed by atoms with Gasteiger partial charge in [0.1, 0.15) is 0 Å². The number of hydrogen-bond donors (Lipinski definition) is 1. The van der Waals surface area contributed by atoms with Crippen LogP contribution in [0.3, 0.4) is 0 Å². The van der Waals surface area contributed by atoms with Gasteiger partial charge in [-0.1, -0.05) is 31.5 Å². The van der Waals surface area contributed by atoms with Gasteiger partial charge in [0.2, 0.25) is 0 Å². The molecule has 4 saturated carbocycles. The van der Waals surface area contributed by atoms with E-state index >= 15 is 0 Å². The largest absolute Gasteiger partial charge is 0.334 e. The number of para-hydroxylation sites is 1. The molecule has 0 radical (unpaired) electrons. The summed E-state index contributed by atoms with van der Waals surface area (Å²) in [5.74, 6) is 2.53. The van der Waals surface area contributed by atoms with Gasteiger partial charge in [-0.15, -0.1) is 0 Å². The summed E-state index contributed by atoms with van der Waals surface area (Å²) in [6.07, 6.45) is 8.96. The second-order valence-electron chi connectivity index (χ2n) is 8.51. The molecule has 24 heavy (non-hydrogen) atoms. The molecule has 1 unspecified atom stereocenters. The van der Waals surface area contributed by atoms with Gasteiger partial charge in [0.05, 0.1) is 0 Å². The lowest BCUT2D eigenvalue weighted by Crippen LogP contribution is -2.45. The summed E-state index contributed by atoms with van der Waals surface area (Å²) in [7, 11) is 0. The molecule has 4 aliphatic carbocycles. The summed E-state index contributed by atoms with van der Waals surface area (Å²) in [5.41, 5.74) is 2.89. The van der Waals surface area contributed by atoms with Crippen molar-refractivity contribution in [3.8, 4) is 0 Å². The summed E-state index contributed by atoms with van der Waals surface area (Å²) < 4.78 is 0. The Bertz CT molecular complexity index is 672. The third kappa shape index (κ3) is 1.93. The van der Waals surface area contributed by atoms with Crippen LogP contribution in [0.1, 0.15) is 51.0 Å². The summed E-state index contributed by atoms with van der Waals surface area (Å²) in [5, 5.41) is 3.48. The van der Waals surface area contributed by atoms with Gasteiger partial charge < -0.3 is 5.32 Å². The van der Waals surface area contributed by atoms with Crippen LogP contribution >= 0.6 is 0 Å². The zero-order chi connectivity index (χ0) is 16.3. The maximum Gasteiger partial charge on any atom is 0.322 e. The first-order chi connectivity index (χ1) is 11.7. The average molecular weight is 324 g/mol. The number of urea groups is 1. The van der Waals surface area contributed by atoms with Crippen LogP contribution < -0.4 is 10.2 Å². The van der Waals surface area contributed by atoms with E-state index in [0.29, 0.717) is 11.5 Å². The highest BCUT2D eigenvalue weighted by atomic mass is 16.2. The molecule has 0 saturated heterocycles. The van der Waals surface area contributed by atoms with Gasteiger partial charge in [0, 0.05) is 18.3 Å². The predicted octanol–water partition coefficient (Wildman–Crippen LogP) is 4.36. The van der Waals surface area contributed by atoms with E-state index in [0.717, 1.165) is 42.8 Å². The first-order valence-electron chi connectivity index (χ1n) is 9.90. The van der Waals surface area contributed by atoms with Gasteiger partial charge in [0.15, 0.2) is 0 Å². The molecule has 5 aliphatic rings. The van der Waals surface area contributed by atoms with E-state index in [9.17, 15) is 4.79 Å². The standard InChI is InChI=1S/C21H28N2O/c1-2-16-12-14-9-10-21(16)17(13-14)19(21)22-20(24)23-11-5-7-15-6-3-4-8-18(15)23/h3-4,6,8,14,16-17,19H,2,5,7,9-13H2,1H3,(H,22,24)/t14?,16-,17+,19-,21+/m0/s1. The number of carbonyl (C=O) groups excluding carboxylic acids is 1. The van der Waals surface area contributed by atoms with Crippen molar-refractivity contribution in [2.24, 2.45) is 23.2 Å². The molecule has 1 aliphatic heterocycles. The zero-order valence-electron chi connectivity index (χ0n) is 14.6. The Labute approximate surface area is 144 Å². The molecule has 1 spiro atoms. The van der Waals surface area contributed by atoms with E-state index in [1.54, 1.807) is 0 Å². The second-order valence-corrected chi connectivity index (χ2v) is 8.51. The molecule has 2 amide bonds. The maximum atomic E-state index is 13.0. The minimum Gasteiger partial charge on any atom is -0.334 e. The Hall–Kier alpha value is -1.51. The first kappa shape index (κ1) is 14.8. The highest BCUT2D eigenvalue weighted by Crippen LogP contribution is 2.72. The van der Waals surface area contributed by atoms with Gasteiger partial charge >= 0.3 is 6.03 Å². The number of rotatable bonds is 2. The number of amides is 2. The van der Waals surface area contributed by atoms with Crippen LogP contribution in [0.2, 0.25) is 0 Å². The van der Waals surface area contributed by atoms with Crippen molar-refractivity contribution in [3.05, 3.63) is 29.8 Å². The van der Waals surface area contributed by atoms with E-state index in [1.807, 2.05) is 4.90 Å². The van der Waals surface area contributed by atoms with Crippen LogP contribution in [0, 0.1) is 23.2 Å². The van der Waals surface area contributed by atoms with Crippen molar-refractivity contribution in [1.29, 1.82) is 0 Å². The third-order valence-corrected chi connectivity index (χ3v) is 7.64. The zero-order valence-corrected chi connectivity index (χ0v) is 14.6. The van der Waals surface area contributed by atoms with Crippen LogP contribution in [0.5, 0.6) is 0 Å². The number of nitrogens with one attached hydrogen (secondary N) is 1. The van der Waals surface area contributed by atoms with E-state index in [2.05, 4.69) is 36.5 Å². The number of nitrogens with zero attached hydrogens (tertiary/aromatic N) is 1. The number of fused-ring (bicyclic) bond motifs is 3. The molecular formula is C21H28N2O. The van der Waals surface area contributed by atoms with Crippen molar-refractivity contribution in [1.82, 2.24) is 5.32 Å². The Morgan fingerprint density at radius 2 is 2.21 bits per heavy atom. The molecule has 4 fully saturated rings. The van der Waals surface area contributed by atoms with Crippen molar-refractivity contribution in [2.45, 2.75) is 57.9 Å². The summed E-state index contributed by atoms with van der Waals surface area (Å²) >= 11 is 0. The molecule has 0 aromatic heterocycles. The normalized spacial score (nSPS) is 39.1. The summed E-state index contributed by atoms with van der Waals surface area (Å²) in [6, 6.07) is 8.99. The van der Waals surface area contributed by atoms with E-state index in [-0.39, 0.29) is 6.03 Å². The monoisotopic (exact) mass is 324 g/mol. The molecular weight excluding hydrogens is 296 g/mol. The second kappa shape index (κ2) is 5.24. The molecule has 3 heteroatoms. The van der Waals surface area contributed by atoms with Crippen molar-refractivity contribution < 1.29 is 4.79 Å². The molecule has 5 atom stereocenters. The minimum atomic E-state index is 0.147. The fourth-order valence-corrected chi connectivity index (χ4v) is 6.50. The lowest BCUT2D eigenvalue weighted by molar-refractivity contribution is 0.0782. The van der Waals surface area contributed by atoms with Gasteiger partial charge in [0.25, 0.3) is 0 Å². The molecule has 3 nitrogen and oxygen atoms in total. The quantitative estimate of drug-likeness (QED) is 0.861. The lowest BCUT2D eigenvalue weighted by atomic mass is 9.63. The van der Waals surface area contributed by atoms with E-state index in [1.165, 1.54) is 37.7 Å². The minimum absolute atomic E-state index is 0.147. The lowest BCUT2D eigenvalue weighted by Gasteiger charge is -2.42. The van der Waals surface area contributed by atoms with Gasteiger partial charge in [-0.2, -0.15) is 0 Å². The Balaban J connectivity index is 1.36. The van der Waals surface area contributed by atoms with Gasteiger partial charge in [-0.3, -0.25) is 4.90 Å². The maximum absolute atomic E-state index is 13.0. The van der Waals surface area contributed by atoms with E-state index < -0.39 is 0 Å². The summed E-state index contributed by atoms with van der Waals surface area (Å²) in [4.78, 5) is 15.0. The van der Waals surface area contributed by atoms with Crippen LogP contribution in [0.25, 0.3) is 0 Å². The number of hydrogen-bond acceptors (Lipinski definition) is 1. The average Bonchev–Trinajstić information content (AvgIpc) is 3.28.